The van der Waals surface area contributed by atoms with E-state index in [1.54, 1.807) is 0 Å². The molecule has 1 aromatic heterocycles. The van der Waals surface area contributed by atoms with Crippen molar-refractivity contribution < 1.29 is 0 Å². The number of benzene rings is 1. The van der Waals surface area contributed by atoms with E-state index in [1.165, 1.54) is 11.3 Å². The van der Waals surface area contributed by atoms with Crippen molar-refractivity contribution in [3.05, 3.63) is 48.0 Å². The minimum atomic E-state index is 1.09. The van der Waals surface area contributed by atoms with E-state index in [2.05, 4.69) is 47.7 Å². The summed E-state index contributed by atoms with van der Waals surface area (Å²) in [5, 5.41) is 0. The molecule has 72 valence electrons. The van der Waals surface area contributed by atoms with Gasteiger partial charge in [0.05, 0.1) is 6.33 Å². The number of aryl methyl sites for hydroxylation is 2. The van der Waals surface area contributed by atoms with Crippen molar-refractivity contribution >= 4 is 0 Å². The number of rotatable bonds is 2. The third-order valence-electron chi connectivity index (χ3n) is 2.45. The quantitative estimate of drug-likeness (QED) is 0.705. The lowest BCUT2D eigenvalue weighted by Crippen LogP contribution is -1.94. The molecule has 0 amide bonds. The van der Waals surface area contributed by atoms with Gasteiger partial charge in [-0.1, -0.05) is 19.1 Å². The summed E-state index contributed by atoms with van der Waals surface area (Å²) < 4.78 is 2.08. The largest absolute Gasteiger partial charge is 0.304 e. The average Bonchev–Trinajstić information content (AvgIpc) is 2.65. The van der Waals surface area contributed by atoms with E-state index in [1.807, 2.05) is 12.5 Å². The van der Waals surface area contributed by atoms with Crippen molar-refractivity contribution in [1.29, 1.82) is 0 Å². The summed E-state index contributed by atoms with van der Waals surface area (Å²) >= 11 is 0. The van der Waals surface area contributed by atoms with Gasteiger partial charge in [0.1, 0.15) is 0 Å². The van der Waals surface area contributed by atoms with Crippen LogP contribution >= 0.6 is 0 Å². The first-order valence-electron chi connectivity index (χ1n) is 4.89. The van der Waals surface area contributed by atoms with Crippen LogP contribution in [0.4, 0.5) is 0 Å². The van der Waals surface area contributed by atoms with Crippen LogP contribution in [0.5, 0.6) is 0 Å². The predicted octanol–water partition coefficient (Wildman–Crippen LogP) is 2.74. The highest BCUT2D eigenvalue weighted by Crippen LogP contribution is 2.11. The zero-order valence-electron chi connectivity index (χ0n) is 8.57. The fourth-order valence-electron chi connectivity index (χ4n) is 1.52. The summed E-state index contributed by atoms with van der Waals surface area (Å²) in [7, 11) is 0. The van der Waals surface area contributed by atoms with Gasteiger partial charge >= 0.3 is 0 Å². The molecule has 0 unspecified atom stereocenters. The fourth-order valence-corrected chi connectivity index (χ4v) is 1.52. The first kappa shape index (κ1) is 9.00. The highest BCUT2D eigenvalue weighted by Gasteiger charge is 1.98. The van der Waals surface area contributed by atoms with Crippen LogP contribution in [0.2, 0.25) is 0 Å². The van der Waals surface area contributed by atoms with Crippen molar-refractivity contribution in [2.24, 2.45) is 0 Å². The highest BCUT2D eigenvalue weighted by molar-refractivity contribution is 5.36. The molecule has 2 nitrogen and oxygen atoms in total. The molecule has 0 fully saturated rings. The molecule has 0 saturated carbocycles. The average molecular weight is 186 g/mol. The molecule has 1 heterocycles. The Morgan fingerprint density at radius 1 is 1.21 bits per heavy atom. The molecule has 0 aliphatic carbocycles. The van der Waals surface area contributed by atoms with Gasteiger partial charge in [0.25, 0.3) is 0 Å². The van der Waals surface area contributed by atoms with Crippen molar-refractivity contribution in [2.75, 3.05) is 0 Å². The maximum Gasteiger partial charge on any atom is 0.0994 e. The minimum Gasteiger partial charge on any atom is -0.304 e. The first-order chi connectivity index (χ1) is 6.81. The van der Waals surface area contributed by atoms with Crippen LogP contribution in [-0.2, 0) is 6.42 Å². The Kier molecular flexibility index (Phi) is 2.35. The Morgan fingerprint density at radius 3 is 2.43 bits per heavy atom. The monoisotopic (exact) mass is 186 g/mol. The van der Waals surface area contributed by atoms with Crippen molar-refractivity contribution in [1.82, 2.24) is 9.55 Å². The van der Waals surface area contributed by atoms with Gasteiger partial charge in [-0.3, -0.25) is 0 Å². The molecule has 0 spiro atoms. The Morgan fingerprint density at radius 2 is 1.93 bits per heavy atom. The van der Waals surface area contributed by atoms with Crippen molar-refractivity contribution in [3.63, 3.8) is 0 Å². The molecule has 2 aromatic rings. The van der Waals surface area contributed by atoms with E-state index in [0.717, 1.165) is 12.1 Å². The van der Waals surface area contributed by atoms with Crippen molar-refractivity contribution in [3.8, 4) is 5.69 Å². The Bertz CT molecular complexity index is 412. The number of hydrogen-bond acceptors (Lipinski definition) is 1. The Labute approximate surface area is 84.2 Å². The van der Waals surface area contributed by atoms with E-state index < -0.39 is 0 Å². The molecule has 1 aromatic carbocycles. The van der Waals surface area contributed by atoms with Crippen LogP contribution in [0.1, 0.15) is 18.2 Å². The lowest BCUT2D eigenvalue weighted by molar-refractivity contribution is 1.000. The maximum atomic E-state index is 4.10. The molecular formula is C12H14N2. The second-order valence-electron chi connectivity index (χ2n) is 3.43. The van der Waals surface area contributed by atoms with Gasteiger partial charge < -0.3 is 4.57 Å². The molecule has 0 aliphatic rings. The third-order valence-corrected chi connectivity index (χ3v) is 2.45. The molecule has 0 N–H and O–H groups in total. The number of hydrogen-bond donors (Lipinski definition) is 0. The predicted molar refractivity (Wildman–Crippen MR) is 57.7 cm³/mol. The summed E-state index contributed by atoms with van der Waals surface area (Å²) in [6.45, 7) is 4.22. The lowest BCUT2D eigenvalue weighted by atomic mass is 10.1. The van der Waals surface area contributed by atoms with E-state index >= 15 is 0 Å². The van der Waals surface area contributed by atoms with E-state index in [9.17, 15) is 0 Å². The second kappa shape index (κ2) is 3.66. The smallest absolute Gasteiger partial charge is 0.0994 e. The highest BCUT2D eigenvalue weighted by atomic mass is 15.0. The summed E-state index contributed by atoms with van der Waals surface area (Å²) in [6.07, 6.45) is 4.80. The summed E-state index contributed by atoms with van der Waals surface area (Å²) in [6, 6.07) is 8.59. The molecule has 0 bridgehead atoms. The lowest BCUT2D eigenvalue weighted by Gasteiger charge is -2.05. The van der Waals surface area contributed by atoms with Gasteiger partial charge in [-0.05, 0) is 31.0 Å². The molecule has 2 heteroatoms. The molecule has 0 aliphatic heterocycles. The topological polar surface area (TPSA) is 17.8 Å². The van der Waals surface area contributed by atoms with Gasteiger partial charge in [0.2, 0.25) is 0 Å². The van der Waals surface area contributed by atoms with Crippen LogP contribution in [0.3, 0.4) is 0 Å². The normalized spacial score (nSPS) is 10.4. The third kappa shape index (κ3) is 1.55. The fraction of sp³-hybridized carbons (Fsp3) is 0.250. The van der Waals surface area contributed by atoms with Gasteiger partial charge in [-0.2, -0.15) is 0 Å². The van der Waals surface area contributed by atoms with E-state index in [4.69, 9.17) is 0 Å². The second-order valence-corrected chi connectivity index (χ2v) is 3.43. The number of nitrogens with zero attached hydrogens (tertiary/aromatic N) is 2. The van der Waals surface area contributed by atoms with E-state index in [0.29, 0.717) is 0 Å². The summed E-state index contributed by atoms with van der Waals surface area (Å²) in [5.41, 5.74) is 3.71. The van der Waals surface area contributed by atoms with Crippen molar-refractivity contribution in [2.45, 2.75) is 20.3 Å². The van der Waals surface area contributed by atoms with Crippen LogP contribution in [0.25, 0.3) is 5.69 Å². The van der Waals surface area contributed by atoms with Crippen LogP contribution < -0.4 is 0 Å². The Hall–Kier alpha value is -1.57. The number of imidazole rings is 1. The minimum absolute atomic E-state index is 1.09. The van der Waals surface area contributed by atoms with Gasteiger partial charge in [0.15, 0.2) is 0 Å². The molecule has 0 saturated heterocycles. The summed E-state index contributed by atoms with van der Waals surface area (Å²) in [4.78, 5) is 4.10. The van der Waals surface area contributed by atoms with Crippen LogP contribution in [-0.4, -0.2) is 9.55 Å². The van der Waals surface area contributed by atoms with Crippen LogP contribution in [0.15, 0.2) is 36.8 Å². The van der Waals surface area contributed by atoms with Gasteiger partial charge in [-0.25, -0.2) is 4.98 Å². The SMILES string of the molecule is CCc1ccc(-n2cncc2C)cc1. The molecule has 2 rings (SSSR count). The standard InChI is InChI=1S/C12H14N2/c1-3-11-4-6-12(7-5-11)14-9-13-8-10(14)2/h4-9H,3H2,1-2H3. The molecular weight excluding hydrogens is 172 g/mol. The van der Waals surface area contributed by atoms with Gasteiger partial charge in [-0.15, -0.1) is 0 Å². The number of aromatic nitrogens is 2. The Balaban J connectivity index is 2.39. The first-order valence-corrected chi connectivity index (χ1v) is 4.89. The molecule has 0 radical (unpaired) electrons. The molecule has 0 atom stereocenters. The van der Waals surface area contributed by atoms with Gasteiger partial charge in [0, 0.05) is 17.6 Å². The van der Waals surface area contributed by atoms with E-state index in [-0.39, 0.29) is 0 Å². The summed E-state index contributed by atoms with van der Waals surface area (Å²) in [5.74, 6) is 0. The van der Waals surface area contributed by atoms with Crippen LogP contribution in [0, 0.1) is 6.92 Å². The maximum absolute atomic E-state index is 4.10. The zero-order chi connectivity index (χ0) is 9.97. The zero-order valence-corrected chi connectivity index (χ0v) is 8.57. The molecule has 14 heavy (non-hydrogen) atoms.